The Morgan fingerprint density at radius 2 is 2.50 bits per heavy atom. The third-order valence-corrected chi connectivity index (χ3v) is 2.35. The Morgan fingerprint density at radius 3 is 3.12 bits per heavy atom. The van der Waals surface area contributed by atoms with Gasteiger partial charge in [-0.3, -0.25) is 4.79 Å². The lowest BCUT2D eigenvalue weighted by Gasteiger charge is -2.12. The molecule has 1 fully saturated rings. The number of rotatable bonds is 2. The van der Waals surface area contributed by atoms with Gasteiger partial charge in [0, 0.05) is 13.0 Å². The summed E-state index contributed by atoms with van der Waals surface area (Å²) in [6.07, 6.45) is 1.88. The molecule has 1 aliphatic rings. The maximum atomic E-state index is 11.0. The van der Waals surface area contributed by atoms with Crippen LogP contribution in [0.3, 0.4) is 0 Å². The van der Waals surface area contributed by atoms with Gasteiger partial charge in [-0.1, -0.05) is 0 Å². The van der Waals surface area contributed by atoms with Crippen LogP contribution in [0.5, 0.6) is 0 Å². The van der Waals surface area contributed by atoms with Gasteiger partial charge in [0.2, 0.25) is 5.91 Å². The van der Waals surface area contributed by atoms with Crippen LogP contribution >= 0.6 is 0 Å². The van der Waals surface area contributed by atoms with E-state index < -0.39 is 0 Å². The van der Waals surface area contributed by atoms with Gasteiger partial charge in [0.1, 0.15) is 11.9 Å². The number of nitriles is 1. The van der Waals surface area contributed by atoms with Crippen LogP contribution in [-0.2, 0) is 4.79 Å². The number of aromatic nitrogens is 1. The lowest BCUT2D eigenvalue weighted by atomic mass is 10.2. The summed E-state index contributed by atoms with van der Waals surface area (Å²) in [6.45, 7) is 0.551. The van der Waals surface area contributed by atoms with E-state index in [2.05, 4.69) is 15.6 Å². The quantitative estimate of drug-likeness (QED) is 0.638. The highest BCUT2D eigenvalue weighted by Gasteiger charge is 2.22. The van der Waals surface area contributed by atoms with Crippen LogP contribution in [0, 0.1) is 11.3 Å². The molecule has 1 amide bonds. The molecule has 4 N–H and O–H groups in total. The molecule has 1 saturated heterocycles. The lowest BCUT2D eigenvalue weighted by molar-refractivity contribution is -0.119. The second-order valence-corrected chi connectivity index (χ2v) is 3.63. The normalized spacial score (nSPS) is 18.9. The summed E-state index contributed by atoms with van der Waals surface area (Å²) >= 11 is 0. The highest BCUT2D eigenvalue weighted by molar-refractivity contribution is 5.79. The third kappa shape index (κ3) is 2.03. The fourth-order valence-electron chi connectivity index (χ4n) is 1.58. The van der Waals surface area contributed by atoms with Crippen LogP contribution < -0.4 is 16.4 Å². The van der Waals surface area contributed by atoms with Crippen molar-refractivity contribution in [2.75, 3.05) is 17.6 Å². The predicted octanol–water partition coefficient (Wildman–Crippen LogP) is -0.164. The number of carbonyl (C=O) groups excluding carboxylic acids is 1. The summed E-state index contributed by atoms with van der Waals surface area (Å²) in [4.78, 5) is 15.0. The van der Waals surface area contributed by atoms with Crippen LogP contribution in [0.2, 0.25) is 0 Å². The third-order valence-electron chi connectivity index (χ3n) is 2.35. The number of carbonyl (C=O) groups is 1. The molecule has 16 heavy (non-hydrogen) atoms. The van der Waals surface area contributed by atoms with Crippen LogP contribution in [-0.4, -0.2) is 23.5 Å². The van der Waals surface area contributed by atoms with Gasteiger partial charge in [0.25, 0.3) is 0 Å². The van der Waals surface area contributed by atoms with E-state index in [1.165, 1.54) is 6.20 Å². The molecule has 1 aromatic heterocycles. The van der Waals surface area contributed by atoms with Gasteiger partial charge in [0.05, 0.1) is 23.5 Å². The van der Waals surface area contributed by atoms with E-state index in [0.717, 1.165) is 0 Å². The minimum absolute atomic E-state index is 0.00597. The first-order chi connectivity index (χ1) is 7.69. The maximum absolute atomic E-state index is 11.0. The number of nitrogens with zero attached hydrogens (tertiary/aromatic N) is 2. The van der Waals surface area contributed by atoms with Crippen molar-refractivity contribution < 1.29 is 4.79 Å². The number of nitrogens with one attached hydrogen (secondary N) is 2. The van der Waals surface area contributed by atoms with Crippen molar-refractivity contribution >= 4 is 17.4 Å². The largest absolute Gasteiger partial charge is 0.397 e. The topological polar surface area (TPSA) is 104 Å². The van der Waals surface area contributed by atoms with E-state index >= 15 is 0 Å². The van der Waals surface area contributed by atoms with Gasteiger partial charge in [-0.2, -0.15) is 5.26 Å². The monoisotopic (exact) mass is 217 g/mol. The molecule has 0 bridgehead atoms. The van der Waals surface area contributed by atoms with E-state index in [1.807, 2.05) is 6.07 Å². The van der Waals surface area contributed by atoms with E-state index in [-0.39, 0.29) is 11.9 Å². The highest BCUT2D eigenvalue weighted by atomic mass is 16.1. The number of nitrogen functional groups attached to an aromatic ring is 1. The average molecular weight is 217 g/mol. The van der Waals surface area contributed by atoms with Gasteiger partial charge < -0.3 is 16.4 Å². The smallest absolute Gasteiger partial charge is 0.222 e. The number of pyridine rings is 1. The first-order valence-corrected chi connectivity index (χ1v) is 4.88. The van der Waals surface area contributed by atoms with Crippen LogP contribution in [0.4, 0.5) is 11.5 Å². The van der Waals surface area contributed by atoms with Gasteiger partial charge in [-0.25, -0.2) is 4.98 Å². The number of nitrogens with two attached hydrogens (primary N) is 1. The minimum Gasteiger partial charge on any atom is -0.397 e. The molecule has 1 aliphatic heterocycles. The zero-order valence-corrected chi connectivity index (χ0v) is 8.53. The van der Waals surface area contributed by atoms with E-state index in [0.29, 0.717) is 30.0 Å². The molecule has 0 spiro atoms. The fraction of sp³-hybridized carbons (Fsp3) is 0.300. The molecule has 0 saturated carbocycles. The Morgan fingerprint density at radius 1 is 1.69 bits per heavy atom. The van der Waals surface area contributed by atoms with Crippen molar-refractivity contribution in [1.82, 2.24) is 10.3 Å². The molecule has 2 heterocycles. The van der Waals surface area contributed by atoms with Crippen molar-refractivity contribution in [1.29, 1.82) is 5.26 Å². The molecule has 6 heteroatoms. The maximum Gasteiger partial charge on any atom is 0.222 e. The Labute approximate surface area is 92.5 Å². The molecule has 1 unspecified atom stereocenters. The standard InChI is InChI=1S/C10H11N5O/c11-3-6-1-7(12)4-14-10(6)15-8-2-9(16)13-5-8/h1,4,8H,2,5,12H2,(H,13,16)(H,14,15). The average Bonchev–Trinajstić information content (AvgIpc) is 2.67. The molecule has 82 valence electrons. The van der Waals surface area contributed by atoms with Gasteiger partial charge in [-0.05, 0) is 6.07 Å². The van der Waals surface area contributed by atoms with E-state index in [9.17, 15) is 4.79 Å². The first-order valence-electron chi connectivity index (χ1n) is 4.88. The molecule has 2 rings (SSSR count). The number of hydrogen-bond acceptors (Lipinski definition) is 5. The predicted molar refractivity (Wildman–Crippen MR) is 58.4 cm³/mol. The second kappa shape index (κ2) is 4.06. The summed E-state index contributed by atoms with van der Waals surface area (Å²) < 4.78 is 0. The van der Waals surface area contributed by atoms with Crippen LogP contribution in [0.1, 0.15) is 12.0 Å². The molecule has 0 aromatic carbocycles. The van der Waals surface area contributed by atoms with E-state index in [4.69, 9.17) is 11.0 Å². The van der Waals surface area contributed by atoms with Crippen molar-refractivity contribution in [3.05, 3.63) is 17.8 Å². The van der Waals surface area contributed by atoms with Crippen molar-refractivity contribution in [2.24, 2.45) is 0 Å². The Balaban J connectivity index is 2.15. The highest BCUT2D eigenvalue weighted by Crippen LogP contribution is 2.16. The molecular formula is C10H11N5O. The van der Waals surface area contributed by atoms with Crippen molar-refractivity contribution in [3.63, 3.8) is 0 Å². The van der Waals surface area contributed by atoms with E-state index in [1.54, 1.807) is 6.07 Å². The fourth-order valence-corrected chi connectivity index (χ4v) is 1.58. The molecule has 1 aromatic rings. The molecule has 0 radical (unpaired) electrons. The van der Waals surface area contributed by atoms with Crippen molar-refractivity contribution in [2.45, 2.75) is 12.5 Å². The zero-order valence-electron chi connectivity index (χ0n) is 8.53. The van der Waals surface area contributed by atoms with Crippen LogP contribution in [0.25, 0.3) is 0 Å². The van der Waals surface area contributed by atoms with Crippen LogP contribution in [0.15, 0.2) is 12.3 Å². The number of anilines is 2. The first kappa shape index (κ1) is 10.2. The molecule has 0 aliphatic carbocycles. The van der Waals surface area contributed by atoms with Crippen molar-refractivity contribution in [3.8, 4) is 6.07 Å². The molecule has 1 atom stereocenters. The summed E-state index contributed by atoms with van der Waals surface area (Å²) in [7, 11) is 0. The molecular weight excluding hydrogens is 206 g/mol. The summed E-state index contributed by atoms with van der Waals surface area (Å²) in [5.41, 5.74) is 6.36. The Hall–Kier alpha value is -2.29. The number of hydrogen-bond donors (Lipinski definition) is 3. The minimum atomic E-state index is -0.0178. The Bertz CT molecular complexity index is 465. The van der Waals surface area contributed by atoms with Gasteiger partial charge in [0.15, 0.2) is 0 Å². The zero-order chi connectivity index (χ0) is 11.5. The summed E-state index contributed by atoms with van der Waals surface area (Å²) in [5.74, 6) is 0.477. The lowest BCUT2D eigenvalue weighted by Crippen LogP contribution is -2.23. The van der Waals surface area contributed by atoms with Gasteiger partial charge >= 0.3 is 0 Å². The SMILES string of the molecule is N#Cc1cc(N)cnc1NC1CNC(=O)C1. The molecule has 6 nitrogen and oxygen atoms in total. The second-order valence-electron chi connectivity index (χ2n) is 3.63. The summed E-state index contributed by atoms with van der Waals surface area (Å²) in [6, 6.07) is 3.55. The number of amides is 1. The summed E-state index contributed by atoms with van der Waals surface area (Å²) in [5, 5.41) is 14.6. The van der Waals surface area contributed by atoms with Gasteiger partial charge in [-0.15, -0.1) is 0 Å². The Kier molecular flexibility index (Phi) is 2.60.